The minimum absolute atomic E-state index is 0.155. The van der Waals surface area contributed by atoms with E-state index in [0.29, 0.717) is 6.29 Å². The smallest absolute Gasteiger partial charge is 0.315 e. The van der Waals surface area contributed by atoms with Gasteiger partial charge in [0, 0.05) is 17.2 Å². The minimum atomic E-state index is -1.05. The van der Waals surface area contributed by atoms with Gasteiger partial charge in [-0.25, -0.2) is 0 Å². The maximum atomic E-state index is 10.8. The first-order valence-corrected chi connectivity index (χ1v) is 4.65. The Morgan fingerprint density at radius 1 is 1.53 bits per heavy atom. The van der Waals surface area contributed by atoms with Gasteiger partial charge in [0.1, 0.15) is 6.42 Å². The molecule has 0 aromatic heterocycles. The first kappa shape index (κ1) is 12.6. The predicted molar refractivity (Wildman–Crippen MR) is 59.2 cm³/mol. The molecule has 0 unspecified atom stereocenters. The number of carboxylic acid groups (broad SMARTS) is 1. The summed E-state index contributed by atoms with van der Waals surface area (Å²) in [5.41, 5.74) is 0.497. The molecule has 1 rings (SSSR count). The molecule has 1 aromatic carbocycles. The SMILES string of the molecule is COc1cc(C=O)c(C#CCC(=O)O)cc1O. The molecule has 1 aromatic rings. The Labute approximate surface area is 97.6 Å². The zero-order chi connectivity index (χ0) is 12.8. The molecule has 0 fully saturated rings. The van der Waals surface area contributed by atoms with E-state index < -0.39 is 5.97 Å². The molecular weight excluding hydrogens is 224 g/mol. The van der Waals surface area contributed by atoms with E-state index in [9.17, 15) is 14.7 Å². The summed E-state index contributed by atoms with van der Waals surface area (Å²) in [6.07, 6.45) is 0.234. The van der Waals surface area contributed by atoms with Gasteiger partial charge in [0.2, 0.25) is 0 Å². The Hall–Kier alpha value is -2.48. The predicted octanol–water partition coefficient (Wildman–Crippen LogP) is 1.04. The third-order valence-electron chi connectivity index (χ3n) is 1.94. The minimum Gasteiger partial charge on any atom is -0.504 e. The average molecular weight is 234 g/mol. The number of carbonyl (C=O) groups excluding carboxylic acids is 1. The summed E-state index contributed by atoms with van der Waals surface area (Å²) >= 11 is 0. The van der Waals surface area contributed by atoms with Crippen LogP contribution >= 0.6 is 0 Å². The number of benzene rings is 1. The van der Waals surface area contributed by atoms with Crippen molar-refractivity contribution in [3.8, 4) is 23.3 Å². The van der Waals surface area contributed by atoms with Crippen LogP contribution in [0, 0.1) is 11.8 Å². The number of aromatic hydroxyl groups is 1. The van der Waals surface area contributed by atoms with Crippen LogP contribution in [0.3, 0.4) is 0 Å². The first-order chi connectivity index (χ1) is 8.08. The van der Waals surface area contributed by atoms with E-state index in [4.69, 9.17) is 9.84 Å². The Bertz CT molecular complexity index is 508. The van der Waals surface area contributed by atoms with Crippen molar-refractivity contribution in [2.75, 3.05) is 7.11 Å². The van der Waals surface area contributed by atoms with E-state index in [-0.39, 0.29) is 29.0 Å². The van der Waals surface area contributed by atoms with E-state index in [1.165, 1.54) is 19.2 Å². The quantitative estimate of drug-likeness (QED) is 0.603. The molecule has 0 atom stereocenters. The molecule has 5 nitrogen and oxygen atoms in total. The van der Waals surface area contributed by atoms with Crippen molar-refractivity contribution in [3.05, 3.63) is 23.3 Å². The molecule has 0 saturated heterocycles. The zero-order valence-corrected chi connectivity index (χ0v) is 9.06. The molecule has 0 bridgehead atoms. The number of phenolic OH excluding ortho intramolecular Hbond substituents is 1. The van der Waals surface area contributed by atoms with Gasteiger partial charge in [0.05, 0.1) is 7.11 Å². The topological polar surface area (TPSA) is 83.8 Å². The molecule has 5 heteroatoms. The standard InChI is InChI=1S/C12H10O5/c1-17-11-6-9(7-13)8(5-10(11)14)3-2-4-12(15)16/h5-7,14H,4H2,1H3,(H,15,16). The van der Waals surface area contributed by atoms with E-state index in [1.54, 1.807) is 0 Å². The van der Waals surface area contributed by atoms with Crippen molar-refractivity contribution in [2.24, 2.45) is 0 Å². The van der Waals surface area contributed by atoms with Gasteiger partial charge in [-0.3, -0.25) is 9.59 Å². The highest BCUT2D eigenvalue weighted by Crippen LogP contribution is 2.28. The van der Waals surface area contributed by atoms with E-state index >= 15 is 0 Å². The number of hydrogen-bond donors (Lipinski definition) is 2. The Kier molecular flexibility index (Phi) is 4.12. The third-order valence-corrected chi connectivity index (χ3v) is 1.94. The normalized spacial score (nSPS) is 9.00. The lowest BCUT2D eigenvalue weighted by molar-refractivity contribution is -0.135. The second kappa shape index (κ2) is 5.56. The van der Waals surface area contributed by atoms with Crippen molar-refractivity contribution >= 4 is 12.3 Å². The van der Waals surface area contributed by atoms with Gasteiger partial charge < -0.3 is 14.9 Å². The number of ether oxygens (including phenoxy) is 1. The van der Waals surface area contributed by atoms with Crippen LogP contribution in [0.5, 0.6) is 11.5 Å². The van der Waals surface area contributed by atoms with Gasteiger partial charge in [0.25, 0.3) is 0 Å². The fourth-order valence-electron chi connectivity index (χ4n) is 1.17. The van der Waals surface area contributed by atoms with Crippen molar-refractivity contribution in [3.63, 3.8) is 0 Å². The van der Waals surface area contributed by atoms with Crippen molar-refractivity contribution in [2.45, 2.75) is 6.42 Å². The molecule has 0 saturated carbocycles. The van der Waals surface area contributed by atoms with Gasteiger partial charge in [-0.2, -0.15) is 0 Å². The molecule has 0 aliphatic heterocycles. The van der Waals surface area contributed by atoms with Crippen LogP contribution in [0.4, 0.5) is 0 Å². The zero-order valence-electron chi connectivity index (χ0n) is 9.06. The highest BCUT2D eigenvalue weighted by Gasteiger charge is 2.07. The first-order valence-electron chi connectivity index (χ1n) is 4.65. The van der Waals surface area contributed by atoms with Crippen molar-refractivity contribution < 1.29 is 24.5 Å². The number of carboxylic acids is 1. The highest BCUT2D eigenvalue weighted by atomic mass is 16.5. The summed E-state index contributed by atoms with van der Waals surface area (Å²) in [6.45, 7) is 0. The molecule has 0 heterocycles. The second-order valence-electron chi connectivity index (χ2n) is 3.10. The third kappa shape index (κ3) is 3.24. The summed E-state index contributed by atoms with van der Waals surface area (Å²) in [4.78, 5) is 21.1. The number of aliphatic carboxylic acids is 1. The molecule has 0 amide bonds. The summed E-state index contributed by atoms with van der Waals surface area (Å²) in [5.74, 6) is 3.85. The van der Waals surface area contributed by atoms with Crippen LogP contribution in [-0.2, 0) is 4.79 Å². The number of methoxy groups -OCH3 is 1. The average Bonchev–Trinajstić information content (AvgIpc) is 2.29. The van der Waals surface area contributed by atoms with Crippen LogP contribution < -0.4 is 4.74 Å². The fraction of sp³-hybridized carbons (Fsp3) is 0.167. The maximum Gasteiger partial charge on any atom is 0.315 e. The summed E-state index contributed by atoms with van der Waals surface area (Å²) in [5, 5.41) is 17.9. The van der Waals surface area contributed by atoms with Gasteiger partial charge in [-0.15, -0.1) is 0 Å². The molecular formula is C12H10O5. The van der Waals surface area contributed by atoms with Gasteiger partial charge in [0.15, 0.2) is 17.8 Å². The van der Waals surface area contributed by atoms with Crippen LogP contribution in [0.25, 0.3) is 0 Å². The van der Waals surface area contributed by atoms with Crippen LogP contribution in [-0.4, -0.2) is 29.6 Å². The number of phenols is 1. The second-order valence-corrected chi connectivity index (χ2v) is 3.10. The molecule has 2 N–H and O–H groups in total. The molecule has 0 aliphatic carbocycles. The van der Waals surface area contributed by atoms with E-state index in [1.807, 2.05) is 0 Å². The monoisotopic (exact) mass is 234 g/mol. The molecule has 17 heavy (non-hydrogen) atoms. The number of aldehydes is 1. The molecule has 0 spiro atoms. The fourth-order valence-corrected chi connectivity index (χ4v) is 1.17. The number of rotatable bonds is 3. The summed E-state index contributed by atoms with van der Waals surface area (Å²) < 4.78 is 4.83. The van der Waals surface area contributed by atoms with Gasteiger partial charge in [-0.1, -0.05) is 11.8 Å². The summed E-state index contributed by atoms with van der Waals surface area (Å²) in [7, 11) is 1.36. The Balaban J connectivity index is 3.13. The van der Waals surface area contributed by atoms with Crippen molar-refractivity contribution in [1.82, 2.24) is 0 Å². The Morgan fingerprint density at radius 3 is 2.76 bits per heavy atom. The van der Waals surface area contributed by atoms with E-state index in [2.05, 4.69) is 11.8 Å². The van der Waals surface area contributed by atoms with Crippen LogP contribution in [0.2, 0.25) is 0 Å². The largest absolute Gasteiger partial charge is 0.504 e. The van der Waals surface area contributed by atoms with Crippen LogP contribution in [0.1, 0.15) is 22.3 Å². The number of carbonyl (C=O) groups is 2. The lowest BCUT2D eigenvalue weighted by atomic mass is 10.1. The summed E-state index contributed by atoms with van der Waals surface area (Å²) in [6, 6.07) is 2.60. The maximum absolute atomic E-state index is 10.8. The van der Waals surface area contributed by atoms with Crippen molar-refractivity contribution in [1.29, 1.82) is 0 Å². The van der Waals surface area contributed by atoms with Crippen LogP contribution in [0.15, 0.2) is 12.1 Å². The Morgan fingerprint density at radius 2 is 2.24 bits per heavy atom. The highest BCUT2D eigenvalue weighted by molar-refractivity contribution is 5.81. The van der Waals surface area contributed by atoms with Gasteiger partial charge in [-0.05, 0) is 6.07 Å². The lowest BCUT2D eigenvalue weighted by Crippen LogP contribution is -1.93. The van der Waals surface area contributed by atoms with E-state index in [0.717, 1.165) is 0 Å². The molecule has 0 radical (unpaired) electrons. The van der Waals surface area contributed by atoms with Gasteiger partial charge >= 0.3 is 5.97 Å². The molecule has 0 aliphatic rings. The molecule has 88 valence electrons. The number of hydrogen-bond acceptors (Lipinski definition) is 4. The lowest BCUT2D eigenvalue weighted by Gasteiger charge is -2.05.